The SMILES string of the molecule is NCc1ccc2[nH]c3c(c2c1)CCCCC3. The molecule has 0 aliphatic heterocycles. The molecule has 1 aromatic heterocycles. The average molecular weight is 214 g/mol. The van der Waals surface area contributed by atoms with E-state index in [1.807, 2.05) is 0 Å². The number of fused-ring (bicyclic) bond motifs is 3. The van der Waals surface area contributed by atoms with Crippen LogP contribution in [0.4, 0.5) is 0 Å². The van der Waals surface area contributed by atoms with Crippen molar-refractivity contribution in [2.75, 3.05) is 0 Å². The Morgan fingerprint density at radius 1 is 1.12 bits per heavy atom. The number of rotatable bonds is 1. The maximum atomic E-state index is 5.71. The van der Waals surface area contributed by atoms with Crippen molar-refractivity contribution in [2.24, 2.45) is 5.73 Å². The Morgan fingerprint density at radius 3 is 2.88 bits per heavy atom. The summed E-state index contributed by atoms with van der Waals surface area (Å²) in [4.78, 5) is 3.57. The molecule has 0 bridgehead atoms. The van der Waals surface area contributed by atoms with Gasteiger partial charge in [0.1, 0.15) is 0 Å². The maximum Gasteiger partial charge on any atom is 0.0459 e. The normalized spacial score (nSPS) is 16.1. The van der Waals surface area contributed by atoms with Crippen molar-refractivity contribution in [3.63, 3.8) is 0 Å². The monoisotopic (exact) mass is 214 g/mol. The van der Waals surface area contributed by atoms with Crippen LogP contribution in [0.25, 0.3) is 10.9 Å². The molecule has 0 fully saturated rings. The van der Waals surface area contributed by atoms with Gasteiger partial charge in [-0.05, 0) is 48.9 Å². The third-order valence-electron chi connectivity index (χ3n) is 3.65. The minimum absolute atomic E-state index is 0.635. The van der Waals surface area contributed by atoms with Crippen LogP contribution in [0, 0.1) is 0 Å². The molecule has 0 saturated carbocycles. The molecule has 0 amide bonds. The lowest BCUT2D eigenvalue weighted by Crippen LogP contribution is -1.95. The Labute approximate surface area is 95.8 Å². The molecule has 0 spiro atoms. The summed E-state index contributed by atoms with van der Waals surface area (Å²) < 4.78 is 0. The number of aromatic nitrogens is 1. The number of nitrogens with two attached hydrogens (primary N) is 1. The Morgan fingerprint density at radius 2 is 2.00 bits per heavy atom. The lowest BCUT2D eigenvalue weighted by atomic mass is 10.0. The first-order valence-corrected chi connectivity index (χ1v) is 6.21. The van der Waals surface area contributed by atoms with Gasteiger partial charge in [0.2, 0.25) is 0 Å². The standard InChI is InChI=1S/C14H18N2/c15-9-10-6-7-14-12(8-10)11-4-2-1-3-5-13(11)16-14/h6-8,16H,1-5,9,15H2. The molecule has 1 aromatic carbocycles. The van der Waals surface area contributed by atoms with Gasteiger partial charge in [-0.3, -0.25) is 0 Å². The van der Waals surface area contributed by atoms with Crippen molar-refractivity contribution in [1.82, 2.24) is 4.98 Å². The molecule has 1 aliphatic rings. The molecule has 2 aromatic rings. The van der Waals surface area contributed by atoms with Gasteiger partial charge in [-0.2, -0.15) is 0 Å². The fourth-order valence-corrected chi connectivity index (χ4v) is 2.76. The summed E-state index contributed by atoms with van der Waals surface area (Å²) in [5.41, 5.74) is 11.2. The van der Waals surface area contributed by atoms with Crippen LogP contribution in [0.3, 0.4) is 0 Å². The summed E-state index contributed by atoms with van der Waals surface area (Å²) >= 11 is 0. The van der Waals surface area contributed by atoms with E-state index in [1.54, 1.807) is 5.56 Å². The number of aryl methyl sites for hydroxylation is 2. The van der Waals surface area contributed by atoms with Gasteiger partial charge in [-0.25, -0.2) is 0 Å². The van der Waals surface area contributed by atoms with E-state index in [-0.39, 0.29) is 0 Å². The van der Waals surface area contributed by atoms with Crippen molar-refractivity contribution in [2.45, 2.75) is 38.6 Å². The lowest BCUT2D eigenvalue weighted by molar-refractivity contribution is 0.708. The number of H-pyrrole nitrogens is 1. The topological polar surface area (TPSA) is 41.8 Å². The molecule has 3 rings (SSSR count). The molecule has 3 N–H and O–H groups in total. The van der Waals surface area contributed by atoms with Crippen LogP contribution in [0.15, 0.2) is 18.2 Å². The van der Waals surface area contributed by atoms with E-state index in [0.29, 0.717) is 6.54 Å². The van der Waals surface area contributed by atoms with Crippen LogP contribution in [0.1, 0.15) is 36.1 Å². The first kappa shape index (κ1) is 9.91. The molecule has 0 atom stereocenters. The summed E-state index contributed by atoms with van der Waals surface area (Å²) in [5, 5.41) is 1.40. The van der Waals surface area contributed by atoms with Crippen molar-refractivity contribution in [3.8, 4) is 0 Å². The number of aromatic amines is 1. The van der Waals surface area contributed by atoms with Gasteiger partial charge in [0.05, 0.1) is 0 Å². The molecule has 0 unspecified atom stereocenters. The van der Waals surface area contributed by atoms with Gasteiger partial charge >= 0.3 is 0 Å². The van der Waals surface area contributed by atoms with E-state index in [9.17, 15) is 0 Å². The summed E-state index contributed by atoms with van der Waals surface area (Å²) in [6, 6.07) is 6.56. The Bertz CT molecular complexity index is 511. The highest BCUT2D eigenvalue weighted by molar-refractivity contribution is 5.85. The fraction of sp³-hybridized carbons (Fsp3) is 0.429. The van der Waals surface area contributed by atoms with E-state index in [0.717, 1.165) is 0 Å². The van der Waals surface area contributed by atoms with Crippen LogP contribution in [-0.4, -0.2) is 4.98 Å². The zero-order valence-electron chi connectivity index (χ0n) is 9.55. The molecule has 2 heteroatoms. The van der Waals surface area contributed by atoms with Crippen LogP contribution in [0.5, 0.6) is 0 Å². The number of hydrogen-bond donors (Lipinski definition) is 2. The smallest absolute Gasteiger partial charge is 0.0459 e. The first-order chi connectivity index (χ1) is 7.88. The Kier molecular flexibility index (Phi) is 2.44. The second kappa shape index (κ2) is 3.95. The van der Waals surface area contributed by atoms with Gasteiger partial charge in [0, 0.05) is 23.1 Å². The van der Waals surface area contributed by atoms with Crippen molar-refractivity contribution in [3.05, 3.63) is 35.0 Å². The third-order valence-corrected chi connectivity index (χ3v) is 3.65. The molecule has 1 aliphatic carbocycles. The van der Waals surface area contributed by atoms with E-state index >= 15 is 0 Å². The summed E-state index contributed by atoms with van der Waals surface area (Å²) in [7, 11) is 0. The summed E-state index contributed by atoms with van der Waals surface area (Å²) in [6.07, 6.45) is 6.45. The minimum atomic E-state index is 0.635. The Balaban J connectivity index is 2.19. The average Bonchev–Trinajstić information content (AvgIpc) is 2.50. The van der Waals surface area contributed by atoms with Crippen molar-refractivity contribution < 1.29 is 0 Å². The van der Waals surface area contributed by atoms with E-state index in [1.165, 1.54) is 54.3 Å². The zero-order valence-corrected chi connectivity index (χ0v) is 9.55. The van der Waals surface area contributed by atoms with E-state index in [2.05, 4.69) is 23.2 Å². The molecule has 0 saturated heterocycles. The first-order valence-electron chi connectivity index (χ1n) is 6.21. The number of hydrogen-bond acceptors (Lipinski definition) is 1. The van der Waals surface area contributed by atoms with E-state index < -0.39 is 0 Å². The predicted molar refractivity (Wildman–Crippen MR) is 67.4 cm³/mol. The number of benzene rings is 1. The van der Waals surface area contributed by atoms with Crippen molar-refractivity contribution >= 4 is 10.9 Å². The molecule has 1 heterocycles. The van der Waals surface area contributed by atoms with Crippen LogP contribution >= 0.6 is 0 Å². The summed E-state index contributed by atoms with van der Waals surface area (Å²) in [6.45, 7) is 0.635. The van der Waals surface area contributed by atoms with Gasteiger partial charge in [0.15, 0.2) is 0 Å². The van der Waals surface area contributed by atoms with Crippen molar-refractivity contribution in [1.29, 1.82) is 0 Å². The zero-order chi connectivity index (χ0) is 11.0. The third kappa shape index (κ3) is 1.54. The molecular weight excluding hydrogens is 196 g/mol. The molecular formula is C14H18N2. The highest BCUT2D eigenvalue weighted by atomic mass is 14.7. The van der Waals surface area contributed by atoms with E-state index in [4.69, 9.17) is 5.73 Å². The lowest BCUT2D eigenvalue weighted by Gasteiger charge is -2.00. The van der Waals surface area contributed by atoms with Gasteiger partial charge in [-0.1, -0.05) is 12.5 Å². The molecule has 16 heavy (non-hydrogen) atoms. The highest BCUT2D eigenvalue weighted by Crippen LogP contribution is 2.28. The van der Waals surface area contributed by atoms with Crippen LogP contribution in [-0.2, 0) is 19.4 Å². The van der Waals surface area contributed by atoms with Gasteiger partial charge < -0.3 is 10.7 Å². The molecule has 2 nitrogen and oxygen atoms in total. The Hall–Kier alpha value is -1.28. The van der Waals surface area contributed by atoms with Crippen LogP contribution < -0.4 is 5.73 Å². The maximum absolute atomic E-state index is 5.71. The quantitative estimate of drug-likeness (QED) is 0.704. The highest BCUT2D eigenvalue weighted by Gasteiger charge is 2.13. The second-order valence-electron chi connectivity index (χ2n) is 4.73. The van der Waals surface area contributed by atoms with Gasteiger partial charge in [-0.15, -0.1) is 0 Å². The number of nitrogens with one attached hydrogen (secondary N) is 1. The predicted octanol–water partition coefficient (Wildman–Crippen LogP) is 2.90. The second-order valence-corrected chi connectivity index (χ2v) is 4.73. The van der Waals surface area contributed by atoms with Crippen LogP contribution in [0.2, 0.25) is 0 Å². The fourth-order valence-electron chi connectivity index (χ4n) is 2.76. The van der Waals surface area contributed by atoms with Gasteiger partial charge in [0.25, 0.3) is 0 Å². The molecule has 84 valence electrons. The largest absolute Gasteiger partial charge is 0.358 e. The minimum Gasteiger partial charge on any atom is -0.358 e. The summed E-state index contributed by atoms with van der Waals surface area (Å²) in [5.74, 6) is 0. The molecule has 0 radical (unpaired) electrons.